The Bertz CT molecular complexity index is 343. The molecule has 0 aliphatic heterocycles. The zero-order valence-electron chi connectivity index (χ0n) is 13.3. The fourth-order valence-corrected chi connectivity index (χ4v) is 6.71. The maximum atomic E-state index is 10.9. The highest BCUT2D eigenvalue weighted by molar-refractivity contribution is 5.12. The van der Waals surface area contributed by atoms with E-state index in [-0.39, 0.29) is 11.5 Å². The molecule has 110 valence electrons. The molecule has 0 aromatic carbocycles. The van der Waals surface area contributed by atoms with Gasteiger partial charge in [0.1, 0.15) is 0 Å². The fourth-order valence-electron chi connectivity index (χ4n) is 6.71. The molecule has 0 radical (unpaired) electrons. The van der Waals surface area contributed by atoms with Crippen molar-refractivity contribution in [2.75, 3.05) is 0 Å². The quantitative estimate of drug-likeness (QED) is 0.774. The summed E-state index contributed by atoms with van der Waals surface area (Å²) >= 11 is 0. The molecule has 0 spiro atoms. The number of aliphatic hydroxyl groups excluding tert-OH is 1. The molecule has 1 N–H and O–H groups in total. The molecule has 4 aliphatic carbocycles. The van der Waals surface area contributed by atoms with Crippen molar-refractivity contribution in [2.24, 2.45) is 28.1 Å². The molecule has 4 saturated carbocycles. The summed E-state index contributed by atoms with van der Waals surface area (Å²) in [5.41, 5.74) is 1.33. The Kier molecular flexibility index (Phi) is 3.10. The Morgan fingerprint density at radius 1 is 1.05 bits per heavy atom. The summed E-state index contributed by atoms with van der Waals surface area (Å²) in [6.07, 6.45) is 10.4. The van der Waals surface area contributed by atoms with Gasteiger partial charge in [-0.05, 0) is 73.0 Å². The van der Waals surface area contributed by atoms with Gasteiger partial charge >= 0.3 is 0 Å². The number of aliphatic hydroxyl groups is 1. The van der Waals surface area contributed by atoms with Gasteiger partial charge in [0, 0.05) is 0 Å². The second-order valence-corrected chi connectivity index (χ2v) is 9.26. The molecule has 4 atom stereocenters. The van der Waals surface area contributed by atoms with E-state index in [4.69, 9.17) is 0 Å². The highest BCUT2D eigenvalue weighted by Gasteiger charge is 2.61. The van der Waals surface area contributed by atoms with Crippen molar-refractivity contribution in [3.63, 3.8) is 0 Å². The number of hydrogen-bond donors (Lipinski definition) is 1. The first-order valence-electron chi connectivity index (χ1n) is 8.46. The van der Waals surface area contributed by atoms with Crippen LogP contribution in [-0.4, -0.2) is 11.2 Å². The molecule has 4 rings (SSSR count). The van der Waals surface area contributed by atoms with Gasteiger partial charge < -0.3 is 5.11 Å². The lowest BCUT2D eigenvalue weighted by Crippen LogP contribution is -2.58. The van der Waals surface area contributed by atoms with Crippen LogP contribution in [0.2, 0.25) is 0 Å². The molecular weight excluding hydrogens is 232 g/mol. The van der Waals surface area contributed by atoms with Crippen LogP contribution >= 0.6 is 0 Å². The highest BCUT2D eigenvalue weighted by Crippen LogP contribution is 2.70. The Hall–Kier alpha value is -0.0400. The van der Waals surface area contributed by atoms with Crippen molar-refractivity contribution >= 4 is 0 Å². The molecule has 1 nitrogen and oxygen atoms in total. The molecule has 0 saturated heterocycles. The monoisotopic (exact) mass is 264 g/mol. The maximum absolute atomic E-state index is 10.9. The minimum absolute atomic E-state index is 0.0514. The van der Waals surface area contributed by atoms with E-state index in [1.54, 1.807) is 0 Å². The summed E-state index contributed by atoms with van der Waals surface area (Å²) in [5.74, 6) is 1.57. The third-order valence-corrected chi connectivity index (χ3v) is 6.70. The van der Waals surface area contributed by atoms with E-state index in [0.717, 1.165) is 12.3 Å². The van der Waals surface area contributed by atoms with Gasteiger partial charge in [0.2, 0.25) is 0 Å². The van der Waals surface area contributed by atoms with E-state index in [1.807, 2.05) is 0 Å². The Morgan fingerprint density at radius 3 is 2.11 bits per heavy atom. The molecule has 4 unspecified atom stereocenters. The molecule has 0 amide bonds. The van der Waals surface area contributed by atoms with Crippen LogP contribution in [0.15, 0.2) is 0 Å². The average Bonchev–Trinajstić information content (AvgIpc) is 2.23. The smallest absolute Gasteiger partial charge is 0.0599 e. The summed E-state index contributed by atoms with van der Waals surface area (Å²) in [6, 6.07) is 0. The summed E-state index contributed by atoms with van der Waals surface area (Å²) in [6.45, 7) is 9.55. The van der Waals surface area contributed by atoms with Crippen LogP contribution in [0.4, 0.5) is 0 Å². The van der Waals surface area contributed by atoms with Crippen molar-refractivity contribution in [2.45, 2.75) is 85.2 Å². The van der Waals surface area contributed by atoms with E-state index in [2.05, 4.69) is 27.7 Å². The summed E-state index contributed by atoms with van der Waals surface area (Å²) in [7, 11) is 0. The first-order valence-corrected chi connectivity index (χ1v) is 8.46. The third-order valence-electron chi connectivity index (χ3n) is 6.70. The van der Waals surface area contributed by atoms with Gasteiger partial charge in [0.05, 0.1) is 6.10 Å². The van der Waals surface area contributed by atoms with Gasteiger partial charge in [0.25, 0.3) is 0 Å². The average molecular weight is 264 g/mol. The van der Waals surface area contributed by atoms with Gasteiger partial charge in [-0.2, -0.15) is 0 Å². The lowest BCUT2D eigenvalue weighted by atomic mass is 9.39. The molecule has 0 aromatic heterocycles. The maximum Gasteiger partial charge on any atom is 0.0599 e. The van der Waals surface area contributed by atoms with Crippen LogP contribution < -0.4 is 0 Å². The van der Waals surface area contributed by atoms with Gasteiger partial charge in [-0.15, -0.1) is 0 Å². The highest BCUT2D eigenvalue weighted by atomic mass is 16.3. The molecule has 0 heterocycles. The van der Waals surface area contributed by atoms with E-state index < -0.39 is 0 Å². The van der Waals surface area contributed by atoms with Gasteiger partial charge in [0.15, 0.2) is 0 Å². The van der Waals surface area contributed by atoms with Crippen molar-refractivity contribution in [3.8, 4) is 0 Å². The Balaban J connectivity index is 1.84. The summed E-state index contributed by atoms with van der Waals surface area (Å²) in [4.78, 5) is 0. The predicted molar refractivity (Wildman–Crippen MR) is 79.9 cm³/mol. The standard InChI is InChI=1S/C18H32O/c1-5-13(2)6-15(19)18-9-14-7-16(3,11-18)10-17(4,8-14)12-18/h13-15,19H,5-12H2,1-4H3. The molecule has 4 bridgehead atoms. The van der Waals surface area contributed by atoms with Gasteiger partial charge in [-0.3, -0.25) is 0 Å². The molecule has 4 fully saturated rings. The van der Waals surface area contributed by atoms with Crippen molar-refractivity contribution < 1.29 is 5.11 Å². The lowest BCUT2D eigenvalue weighted by Gasteiger charge is -2.66. The molecular formula is C18H32O. The zero-order valence-corrected chi connectivity index (χ0v) is 13.3. The van der Waals surface area contributed by atoms with Crippen molar-refractivity contribution in [1.29, 1.82) is 0 Å². The molecule has 19 heavy (non-hydrogen) atoms. The minimum atomic E-state index is -0.0514. The van der Waals surface area contributed by atoms with Crippen LogP contribution in [0.1, 0.15) is 79.1 Å². The van der Waals surface area contributed by atoms with Crippen LogP contribution in [0.25, 0.3) is 0 Å². The summed E-state index contributed by atoms with van der Waals surface area (Å²) < 4.78 is 0. The van der Waals surface area contributed by atoms with Crippen LogP contribution in [0.5, 0.6) is 0 Å². The van der Waals surface area contributed by atoms with Crippen LogP contribution in [0, 0.1) is 28.1 Å². The predicted octanol–water partition coefficient (Wildman–Crippen LogP) is 4.78. The van der Waals surface area contributed by atoms with E-state index in [0.29, 0.717) is 16.7 Å². The first kappa shape index (κ1) is 13.9. The van der Waals surface area contributed by atoms with Gasteiger partial charge in [-0.25, -0.2) is 0 Å². The molecule has 4 aliphatic rings. The minimum Gasteiger partial charge on any atom is -0.393 e. The topological polar surface area (TPSA) is 20.2 Å². The fraction of sp³-hybridized carbons (Fsp3) is 1.00. The molecule has 0 aromatic rings. The largest absolute Gasteiger partial charge is 0.393 e. The van der Waals surface area contributed by atoms with Crippen LogP contribution in [0.3, 0.4) is 0 Å². The number of rotatable bonds is 4. The normalized spacial score (nSPS) is 51.3. The molecule has 1 heteroatoms. The van der Waals surface area contributed by atoms with E-state index in [1.165, 1.54) is 44.9 Å². The van der Waals surface area contributed by atoms with Crippen LogP contribution in [-0.2, 0) is 0 Å². The number of hydrogen-bond acceptors (Lipinski definition) is 1. The third kappa shape index (κ3) is 2.26. The zero-order chi connectivity index (χ0) is 13.9. The second-order valence-electron chi connectivity index (χ2n) is 9.26. The van der Waals surface area contributed by atoms with Crippen molar-refractivity contribution in [3.05, 3.63) is 0 Å². The Labute approximate surface area is 119 Å². The first-order chi connectivity index (χ1) is 8.78. The lowest BCUT2D eigenvalue weighted by molar-refractivity contribution is -0.188. The van der Waals surface area contributed by atoms with E-state index in [9.17, 15) is 5.11 Å². The Morgan fingerprint density at radius 2 is 1.63 bits per heavy atom. The SMILES string of the molecule is CCC(C)CC(O)C12CC3CC(C)(CC(C)(C3)C1)C2. The van der Waals surface area contributed by atoms with E-state index >= 15 is 0 Å². The van der Waals surface area contributed by atoms with Gasteiger partial charge in [-0.1, -0.05) is 34.1 Å². The second kappa shape index (κ2) is 4.23. The summed E-state index contributed by atoms with van der Waals surface area (Å²) in [5, 5.41) is 10.9. The van der Waals surface area contributed by atoms with Crippen molar-refractivity contribution in [1.82, 2.24) is 0 Å².